The summed E-state index contributed by atoms with van der Waals surface area (Å²) < 4.78 is 64.8. The molecule has 0 spiro atoms. The third-order valence-electron chi connectivity index (χ3n) is 5.38. The topological polar surface area (TPSA) is 69.2 Å². The normalized spacial score (nSPS) is 11.1. The van der Waals surface area contributed by atoms with Crippen LogP contribution in [-0.4, -0.2) is 25.3 Å². The van der Waals surface area contributed by atoms with Crippen LogP contribution in [-0.2, 0) is 6.61 Å². The molecule has 1 N–H and O–H groups in total. The predicted octanol–water partition coefficient (Wildman–Crippen LogP) is 6.90. The van der Waals surface area contributed by atoms with Gasteiger partial charge in [-0.25, -0.2) is 5.43 Å². The van der Waals surface area contributed by atoms with E-state index in [4.69, 9.17) is 4.74 Å². The summed E-state index contributed by atoms with van der Waals surface area (Å²) in [5.41, 5.74) is 5.42. The number of amides is 1. The van der Waals surface area contributed by atoms with E-state index in [0.29, 0.717) is 5.56 Å². The average Bonchev–Trinajstić information content (AvgIpc) is 2.93. The van der Waals surface area contributed by atoms with E-state index >= 15 is 0 Å². The number of ether oxygens (including phenoxy) is 3. The van der Waals surface area contributed by atoms with Crippen molar-refractivity contribution in [2.24, 2.45) is 5.10 Å². The van der Waals surface area contributed by atoms with Crippen LogP contribution in [0.15, 0.2) is 102 Å². The van der Waals surface area contributed by atoms with Crippen LogP contribution in [0.5, 0.6) is 17.2 Å². The van der Waals surface area contributed by atoms with Crippen LogP contribution in [0.25, 0.3) is 11.1 Å². The number of halogens is 4. The summed E-state index contributed by atoms with van der Waals surface area (Å²) in [7, 11) is 0. The van der Waals surface area contributed by atoms with Crippen LogP contribution in [0.1, 0.15) is 21.5 Å². The fourth-order valence-electron chi connectivity index (χ4n) is 3.58. The molecule has 1 amide bonds. The van der Waals surface area contributed by atoms with Gasteiger partial charge in [0.1, 0.15) is 23.9 Å². The van der Waals surface area contributed by atoms with E-state index in [0.717, 1.165) is 40.8 Å². The number of hydrogen-bond acceptors (Lipinski definition) is 5. The number of nitrogens with one attached hydrogen (secondary N) is 1. The maximum atomic E-state index is 12.7. The van der Waals surface area contributed by atoms with Gasteiger partial charge in [0, 0.05) is 22.8 Å². The zero-order chi connectivity index (χ0) is 27.6. The molecule has 0 aliphatic carbocycles. The largest absolute Gasteiger partial charge is 0.488 e. The van der Waals surface area contributed by atoms with Crippen molar-refractivity contribution < 1.29 is 36.6 Å². The Hall–Kier alpha value is -4.86. The summed E-state index contributed by atoms with van der Waals surface area (Å²) in [6, 6.07) is 27.4. The van der Waals surface area contributed by atoms with E-state index in [-0.39, 0.29) is 17.9 Å². The summed E-state index contributed by atoms with van der Waals surface area (Å²) in [5.74, 6) is -0.639. The van der Waals surface area contributed by atoms with Crippen LogP contribution >= 0.6 is 0 Å². The molecule has 4 rings (SSSR count). The molecule has 0 radical (unpaired) electrons. The van der Waals surface area contributed by atoms with Crippen molar-refractivity contribution >= 4 is 12.1 Å². The Labute approximate surface area is 221 Å². The molecule has 10 heteroatoms. The smallest absolute Gasteiger partial charge is 0.387 e. The van der Waals surface area contributed by atoms with Gasteiger partial charge >= 0.3 is 13.2 Å². The van der Waals surface area contributed by atoms with Crippen molar-refractivity contribution in [3.63, 3.8) is 0 Å². The van der Waals surface area contributed by atoms with Crippen molar-refractivity contribution in [3.05, 3.63) is 114 Å². The Morgan fingerprint density at radius 2 is 1.49 bits per heavy atom. The second-order valence-electron chi connectivity index (χ2n) is 8.00. The van der Waals surface area contributed by atoms with Gasteiger partial charge in [-0.2, -0.15) is 22.7 Å². The number of carbonyl (C=O) groups excluding carboxylic acids is 1. The molecule has 0 unspecified atom stereocenters. The fraction of sp³-hybridized carbons (Fsp3) is 0.103. The van der Waals surface area contributed by atoms with Gasteiger partial charge in [0.2, 0.25) is 0 Å². The van der Waals surface area contributed by atoms with Gasteiger partial charge in [0.25, 0.3) is 5.91 Å². The molecule has 200 valence electrons. The lowest BCUT2D eigenvalue weighted by molar-refractivity contribution is -0.0543. The Bertz CT molecular complexity index is 1410. The number of para-hydroxylation sites is 1. The van der Waals surface area contributed by atoms with Crippen LogP contribution in [0.3, 0.4) is 0 Å². The first kappa shape index (κ1) is 27.2. The molecule has 0 aromatic heterocycles. The minimum absolute atomic E-state index is 0.0143. The lowest BCUT2D eigenvalue weighted by Crippen LogP contribution is -2.17. The number of rotatable bonds is 11. The molecular formula is C29H22F4N2O4. The Morgan fingerprint density at radius 3 is 2.21 bits per heavy atom. The second-order valence-corrected chi connectivity index (χ2v) is 8.00. The number of alkyl halides is 4. The highest BCUT2D eigenvalue weighted by atomic mass is 19.3. The zero-order valence-electron chi connectivity index (χ0n) is 20.3. The lowest BCUT2D eigenvalue weighted by Gasteiger charge is -2.12. The molecule has 0 fully saturated rings. The van der Waals surface area contributed by atoms with Crippen molar-refractivity contribution in [2.45, 2.75) is 19.8 Å². The molecule has 4 aromatic rings. The molecule has 0 aliphatic rings. The standard InChI is InChI=1S/C29H22F4N2O4/c30-28(31)38-23-15-14-22(26(16-23)39-29(32)33)17-34-35-27(36)21-12-10-19(11-13-21)18-37-25-9-5-4-8-24(25)20-6-2-1-3-7-20/h1-17,28-29H,18H2,(H,35,36). The van der Waals surface area contributed by atoms with Gasteiger partial charge in [-0.15, -0.1) is 0 Å². The number of hydrogen-bond donors (Lipinski definition) is 1. The van der Waals surface area contributed by atoms with Gasteiger partial charge in [-0.05, 0) is 41.5 Å². The lowest BCUT2D eigenvalue weighted by atomic mass is 10.0. The van der Waals surface area contributed by atoms with Gasteiger partial charge in [0.15, 0.2) is 0 Å². The summed E-state index contributed by atoms with van der Waals surface area (Å²) in [4.78, 5) is 12.5. The molecule has 0 saturated carbocycles. The van der Waals surface area contributed by atoms with Crippen molar-refractivity contribution in [1.82, 2.24) is 5.43 Å². The molecule has 0 saturated heterocycles. The van der Waals surface area contributed by atoms with Gasteiger partial charge in [-0.3, -0.25) is 4.79 Å². The highest BCUT2D eigenvalue weighted by Gasteiger charge is 2.13. The van der Waals surface area contributed by atoms with E-state index in [2.05, 4.69) is 20.0 Å². The number of benzene rings is 4. The van der Waals surface area contributed by atoms with Crippen molar-refractivity contribution in [1.29, 1.82) is 0 Å². The number of hydrazone groups is 1. The molecule has 0 aliphatic heterocycles. The number of nitrogens with zero attached hydrogens (tertiary/aromatic N) is 1. The first-order chi connectivity index (χ1) is 18.9. The molecule has 0 atom stereocenters. The summed E-state index contributed by atoms with van der Waals surface area (Å²) in [6.07, 6.45) is 1.05. The highest BCUT2D eigenvalue weighted by molar-refractivity contribution is 5.95. The van der Waals surface area contributed by atoms with Gasteiger partial charge < -0.3 is 14.2 Å². The average molecular weight is 538 g/mol. The van der Waals surface area contributed by atoms with E-state index in [1.165, 1.54) is 6.07 Å². The van der Waals surface area contributed by atoms with Crippen LogP contribution in [0, 0.1) is 0 Å². The fourth-order valence-corrected chi connectivity index (χ4v) is 3.58. The minimum atomic E-state index is -3.21. The molecular weight excluding hydrogens is 516 g/mol. The van der Waals surface area contributed by atoms with Crippen molar-refractivity contribution in [2.75, 3.05) is 0 Å². The van der Waals surface area contributed by atoms with E-state index < -0.39 is 24.9 Å². The summed E-state index contributed by atoms with van der Waals surface area (Å²) in [6.45, 7) is -6.06. The third-order valence-corrected chi connectivity index (χ3v) is 5.38. The van der Waals surface area contributed by atoms with E-state index in [1.54, 1.807) is 24.3 Å². The summed E-state index contributed by atoms with van der Waals surface area (Å²) >= 11 is 0. The van der Waals surface area contributed by atoms with E-state index in [9.17, 15) is 22.4 Å². The zero-order valence-corrected chi connectivity index (χ0v) is 20.3. The predicted molar refractivity (Wildman–Crippen MR) is 137 cm³/mol. The minimum Gasteiger partial charge on any atom is -0.488 e. The van der Waals surface area contributed by atoms with Crippen molar-refractivity contribution in [3.8, 4) is 28.4 Å². The Balaban J connectivity index is 1.36. The van der Waals surface area contributed by atoms with Gasteiger partial charge in [0.05, 0.1) is 6.21 Å². The highest BCUT2D eigenvalue weighted by Crippen LogP contribution is 2.30. The molecule has 39 heavy (non-hydrogen) atoms. The van der Waals surface area contributed by atoms with Crippen LogP contribution < -0.4 is 19.6 Å². The molecule has 0 bridgehead atoms. The van der Waals surface area contributed by atoms with Crippen LogP contribution in [0.4, 0.5) is 17.6 Å². The monoisotopic (exact) mass is 538 g/mol. The maximum Gasteiger partial charge on any atom is 0.387 e. The Kier molecular flexibility index (Phi) is 9.12. The second kappa shape index (κ2) is 13.1. The third kappa shape index (κ3) is 7.81. The van der Waals surface area contributed by atoms with Crippen LogP contribution in [0.2, 0.25) is 0 Å². The molecule has 0 heterocycles. The molecule has 6 nitrogen and oxygen atoms in total. The first-order valence-electron chi connectivity index (χ1n) is 11.6. The SMILES string of the molecule is O=C(NN=Cc1ccc(OC(F)F)cc1OC(F)F)c1ccc(COc2ccccc2-c2ccccc2)cc1. The summed E-state index contributed by atoms with van der Waals surface area (Å²) in [5, 5.41) is 3.75. The van der Waals surface area contributed by atoms with Gasteiger partial charge in [-0.1, -0.05) is 60.7 Å². The number of carbonyl (C=O) groups is 1. The molecule has 4 aromatic carbocycles. The van der Waals surface area contributed by atoms with E-state index in [1.807, 2.05) is 54.6 Å². The first-order valence-corrected chi connectivity index (χ1v) is 11.6. The Morgan fingerprint density at radius 1 is 0.795 bits per heavy atom. The quantitative estimate of drug-likeness (QED) is 0.128. The maximum absolute atomic E-state index is 12.7.